The molecule has 1 aromatic rings. The molecule has 16 heavy (non-hydrogen) atoms. The molecule has 90 valence electrons. The third-order valence-electron chi connectivity index (χ3n) is 2.18. The number of hydrogen-bond acceptors (Lipinski definition) is 5. The summed E-state index contributed by atoms with van der Waals surface area (Å²) in [5, 5.41) is 3.17. The molecule has 0 bridgehead atoms. The minimum Gasteiger partial charge on any atom is -0.494 e. The first kappa shape index (κ1) is 12.7. The first-order valence-electron chi connectivity index (χ1n) is 5.47. The molecule has 1 rings (SSSR count). The van der Waals surface area contributed by atoms with Crippen molar-refractivity contribution < 1.29 is 4.74 Å². The maximum Gasteiger partial charge on any atom is 0.222 e. The molecule has 0 saturated heterocycles. The minimum atomic E-state index is 0.658. The second kappa shape index (κ2) is 7.00. The molecular weight excluding hydrogens is 204 g/mol. The lowest BCUT2D eigenvalue weighted by Crippen LogP contribution is -2.14. The number of aromatic nitrogens is 2. The summed E-state index contributed by atoms with van der Waals surface area (Å²) in [5.41, 5.74) is 0. The largest absolute Gasteiger partial charge is 0.494 e. The molecule has 0 aliphatic carbocycles. The number of anilines is 1. The molecule has 1 aromatic heterocycles. The second-order valence-corrected chi connectivity index (χ2v) is 3.88. The van der Waals surface area contributed by atoms with Gasteiger partial charge in [0.2, 0.25) is 5.95 Å². The van der Waals surface area contributed by atoms with E-state index in [1.54, 1.807) is 19.5 Å². The van der Waals surface area contributed by atoms with Gasteiger partial charge in [-0.05, 0) is 33.5 Å². The van der Waals surface area contributed by atoms with Crippen LogP contribution in [0.5, 0.6) is 5.75 Å². The molecule has 0 aromatic carbocycles. The van der Waals surface area contributed by atoms with Crippen LogP contribution in [0, 0.1) is 0 Å². The van der Waals surface area contributed by atoms with Crippen LogP contribution < -0.4 is 10.1 Å². The van der Waals surface area contributed by atoms with Gasteiger partial charge in [0.1, 0.15) is 0 Å². The molecular formula is C11H20N4O. The average Bonchev–Trinajstić information content (AvgIpc) is 2.29. The highest BCUT2D eigenvalue weighted by Gasteiger charge is 1.96. The maximum atomic E-state index is 4.98. The van der Waals surface area contributed by atoms with Gasteiger partial charge in [0.15, 0.2) is 5.75 Å². The lowest BCUT2D eigenvalue weighted by atomic mass is 10.3. The van der Waals surface area contributed by atoms with E-state index >= 15 is 0 Å². The van der Waals surface area contributed by atoms with Gasteiger partial charge in [0.05, 0.1) is 19.5 Å². The van der Waals surface area contributed by atoms with E-state index in [1.165, 1.54) is 6.42 Å². The highest BCUT2D eigenvalue weighted by Crippen LogP contribution is 2.07. The Labute approximate surface area is 96.8 Å². The Hall–Kier alpha value is -1.36. The van der Waals surface area contributed by atoms with Crippen molar-refractivity contribution in [3.05, 3.63) is 12.4 Å². The molecule has 1 N–H and O–H groups in total. The van der Waals surface area contributed by atoms with Crippen molar-refractivity contribution in [3.8, 4) is 5.75 Å². The standard InChI is InChI=1S/C11H20N4O/c1-15(2)7-5-4-6-12-11-13-8-10(16-3)9-14-11/h8-9H,4-7H2,1-3H3,(H,12,13,14). The van der Waals surface area contributed by atoms with Crippen molar-refractivity contribution in [2.75, 3.05) is 39.6 Å². The number of unbranched alkanes of at least 4 members (excludes halogenated alkanes) is 1. The molecule has 5 nitrogen and oxygen atoms in total. The smallest absolute Gasteiger partial charge is 0.222 e. The Morgan fingerprint density at radius 3 is 2.50 bits per heavy atom. The van der Waals surface area contributed by atoms with E-state index in [2.05, 4.69) is 34.3 Å². The number of rotatable bonds is 7. The van der Waals surface area contributed by atoms with E-state index in [-0.39, 0.29) is 0 Å². The highest BCUT2D eigenvalue weighted by molar-refractivity contribution is 5.26. The van der Waals surface area contributed by atoms with E-state index in [0.29, 0.717) is 11.7 Å². The molecule has 0 fully saturated rings. The zero-order valence-corrected chi connectivity index (χ0v) is 10.2. The van der Waals surface area contributed by atoms with Crippen molar-refractivity contribution >= 4 is 5.95 Å². The van der Waals surface area contributed by atoms with Gasteiger partial charge in [-0.3, -0.25) is 0 Å². The van der Waals surface area contributed by atoms with Crippen molar-refractivity contribution in [3.63, 3.8) is 0 Å². The number of ether oxygens (including phenoxy) is 1. The Kier molecular flexibility index (Phi) is 5.56. The Balaban J connectivity index is 2.16. The fourth-order valence-electron chi connectivity index (χ4n) is 1.27. The van der Waals surface area contributed by atoms with E-state index in [0.717, 1.165) is 19.5 Å². The van der Waals surface area contributed by atoms with E-state index in [1.807, 2.05) is 0 Å². The number of nitrogens with zero attached hydrogens (tertiary/aromatic N) is 3. The third-order valence-corrected chi connectivity index (χ3v) is 2.18. The maximum absolute atomic E-state index is 4.98. The Morgan fingerprint density at radius 2 is 1.94 bits per heavy atom. The zero-order chi connectivity index (χ0) is 11.8. The molecule has 0 atom stereocenters. The summed E-state index contributed by atoms with van der Waals surface area (Å²) in [6.07, 6.45) is 5.62. The molecule has 5 heteroatoms. The second-order valence-electron chi connectivity index (χ2n) is 3.88. The van der Waals surface area contributed by atoms with Crippen LogP contribution in [-0.4, -0.2) is 49.2 Å². The molecule has 0 saturated carbocycles. The Morgan fingerprint density at radius 1 is 1.25 bits per heavy atom. The van der Waals surface area contributed by atoms with Crippen molar-refractivity contribution in [1.29, 1.82) is 0 Å². The number of methoxy groups -OCH3 is 1. The lowest BCUT2D eigenvalue weighted by Gasteiger charge is -2.09. The van der Waals surface area contributed by atoms with Crippen molar-refractivity contribution in [2.45, 2.75) is 12.8 Å². The van der Waals surface area contributed by atoms with Crippen LogP contribution in [0.15, 0.2) is 12.4 Å². The fraction of sp³-hybridized carbons (Fsp3) is 0.636. The van der Waals surface area contributed by atoms with E-state index < -0.39 is 0 Å². The summed E-state index contributed by atoms with van der Waals surface area (Å²) >= 11 is 0. The van der Waals surface area contributed by atoms with Gasteiger partial charge in [0, 0.05) is 6.54 Å². The van der Waals surface area contributed by atoms with Crippen LogP contribution in [-0.2, 0) is 0 Å². The van der Waals surface area contributed by atoms with Crippen LogP contribution in [0.4, 0.5) is 5.95 Å². The lowest BCUT2D eigenvalue weighted by molar-refractivity contribution is 0.396. The quantitative estimate of drug-likeness (QED) is 0.706. The predicted octanol–water partition coefficient (Wildman–Crippen LogP) is 1.24. The molecule has 0 unspecified atom stereocenters. The predicted molar refractivity (Wildman–Crippen MR) is 64.9 cm³/mol. The number of hydrogen-bond donors (Lipinski definition) is 1. The highest BCUT2D eigenvalue weighted by atomic mass is 16.5. The summed E-state index contributed by atoms with van der Waals surface area (Å²) in [7, 11) is 5.77. The van der Waals surface area contributed by atoms with Gasteiger partial charge in [-0.2, -0.15) is 0 Å². The van der Waals surface area contributed by atoms with Crippen LogP contribution >= 0.6 is 0 Å². The molecule has 0 aliphatic rings. The van der Waals surface area contributed by atoms with E-state index in [4.69, 9.17) is 4.74 Å². The summed E-state index contributed by atoms with van der Waals surface area (Å²) < 4.78 is 4.98. The van der Waals surface area contributed by atoms with Crippen LogP contribution in [0.25, 0.3) is 0 Å². The van der Waals surface area contributed by atoms with Crippen molar-refractivity contribution in [1.82, 2.24) is 14.9 Å². The van der Waals surface area contributed by atoms with Gasteiger partial charge < -0.3 is 15.0 Å². The fourth-order valence-corrected chi connectivity index (χ4v) is 1.27. The van der Waals surface area contributed by atoms with Crippen LogP contribution in [0.1, 0.15) is 12.8 Å². The van der Waals surface area contributed by atoms with E-state index in [9.17, 15) is 0 Å². The molecule has 0 spiro atoms. The first-order chi connectivity index (χ1) is 7.72. The molecule has 0 aliphatic heterocycles. The van der Waals surface area contributed by atoms with Gasteiger partial charge in [0.25, 0.3) is 0 Å². The normalized spacial score (nSPS) is 10.5. The monoisotopic (exact) mass is 224 g/mol. The van der Waals surface area contributed by atoms with Gasteiger partial charge in [-0.15, -0.1) is 0 Å². The summed E-state index contributed by atoms with van der Waals surface area (Å²) in [6, 6.07) is 0. The summed E-state index contributed by atoms with van der Waals surface area (Å²) in [6.45, 7) is 2.02. The Bertz CT molecular complexity index is 287. The molecule has 0 radical (unpaired) electrons. The van der Waals surface area contributed by atoms with Crippen LogP contribution in [0.3, 0.4) is 0 Å². The van der Waals surface area contributed by atoms with Crippen molar-refractivity contribution in [2.24, 2.45) is 0 Å². The molecule has 1 heterocycles. The SMILES string of the molecule is COc1cnc(NCCCCN(C)C)nc1. The molecule has 0 amide bonds. The summed E-state index contributed by atoms with van der Waals surface area (Å²) in [5.74, 6) is 1.34. The van der Waals surface area contributed by atoms with Gasteiger partial charge in [-0.25, -0.2) is 9.97 Å². The van der Waals surface area contributed by atoms with Crippen LogP contribution in [0.2, 0.25) is 0 Å². The summed E-state index contributed by atoms with van der Waals surface area (Å²) in [4.78, 5) is 10.4. The first-order valence-corrected chi connectivity index (χ1v) is 5.47. The minimum absolute atomic E-state index is 0.658. The zero-order valence-electron chi connectivity index (χ0n) is 10.2. The topological polar surface area (TPSA) is 50.3 Å². The van der Waals surface area contributed by atoms with Gasteiger partial charge in [-0.1, -0.05) is 0 Å². The van der Waals surface area contributed by atoms with Gasteiger partial charge >= 0.3 is 0 Å². The third kappa shape index (κ3) is 4.93. The number of nitrogens with one attached hydrogen (secondary N) is 1. The average molecular weight is 224 g/mol.